The van der Waals surface area contributed by atoms with Gasteiger partial charge in [0.1, 0.15) is 5.51 Å². The van der Waals surface area contributed by atoms with Crippen LogP contribution in [0.15, 0.2) is 5.51 Å². The minimum Gasteiger partial charge on any atom is -0.348 e. The van der Waals surface area contributed by atoms with E-state index in [1.165, 1.54) is 11.3 Å². The number of anilines is 1. The first-order valence-corrected chi connectivity index (χ1v) is 4.63. The van der Waals surface area contributed by atoms with Gasteiger partial charge < -0.3 is 4.90 Å². The Labute approximate surface area is 75.0 Å². The maximum Gasteiger partial charge on any atom is 0.207 e. The first-order valence-electron chi connectivity index (χ1n) is 3.31. The predicted molar refractivity (Wildman–Crippen MR) is 48.5 cm³/mol. The van der Waals surface area contributed by atoms with Crippen molar-refractivity contribution < 1.29 is 0 Å². The van der Waals surface area contributed by atoms with Crippen molar-refractivity contribution in [1.82, 2.24) is 10.2 Å². The molecule has 62 valence electrons. The fraction of sp³-hybridized carbons (Fsp3) is 0.667. The Morgan fingerprint density at radius 1 is 1.82 bits per heavy atom. The summed E-state index contributed by atoms with van der Waals surface area (Å²) in [6.45, 7) is 2.76. The Morgan fingerprint density at radius 2 is 2.55 bits per heavy atom. The van der Waals surface area contributed by atoms with E-state index in [9.17, 15) is 0 Å². The van der Waals surface area contributed by atoms with Crippen molar-refractivity contribution in [1.29, 1.82) is 0 Å². The molecule has 3 nitrogen and oxygen atoms in total. The van der Waals surface area contributed by atoms with Crippen LogP contribution in [0.25, 0.3) is 0 Å². The fourth-order valence-electron chi connectivity index (χ4n) is 0.789. The molecule has 0 bridgehead atoms. The van der Waals surface area contributed by atoms with Crippen LogP contribution in [-0.2, 0) is 0 Å². The van der Waals surface area contributed by atoms with E-state index < -0.39 is 0 Å². The normalized spacial score (nSPS) is 13.0. The topological polar surface area (TPSA) is 29.0 Å². The average Bonchev–Trinajstić information content (AvgIpc) is 2.35. The Hall–Kier alpha value is -0.350. The molecule has 11 heavy (non-hydrogen) atoms. The van der Waals surface area contributed by atoms with Crippen LogP contribution in [0.3, 0.4) is 0 Å². The van der Waals surface area contributed by atoms with Crippen LogP contribution in [0, 0.1) is 0 Å². The van der Waals surface area contributed by atoms with Crippen molar-refractivity contribution in [3.05, 3.63) is 5.51 Å². The number of alkyl halides is 1. The van der Waals surface area contributed by atoms with E-state index in [1.54, 1.807) is 5.51 Å². The van der Waals surface area contributed by atoms with E-state index in [1.807, 2.05) is 18.9 Å². The highest BCUT2D eigenvalue weighted by Crippen LogP contribution is 2.14. The first-order chi connectivity index (χ1) is 5.20. The van der Waals surface area contributed by atoms with Crippen LogP contribution >= 0.6 is 22.9 Å². The summed E-state index contributed by atoms with van der Waals surface area (Å²) in [7, 11) is 1.96. The number of nitrogens with zero attached hydrogens (tertiary/aromatic N) is 3. The maximum atomic E-state index is 5.80. The van der Waals surface area contributed by atoms with Crippen LogP contribution < -0.4 is 4.90 Å². The largest absolute Gasteiger partial charge is 0.348 e. The molecule has 0 saturated heterocycles. The molecule has 0 spiro atoms. The zero-order chi connectivity index (χ0) is 8.27. The van der Waals surface area contributed by atoms with Crippen molar-refractivity contribution in [2.24, 2.45) is 0 Å². The Kier molecular flexibility index (Phi) is 3.08. The van der Waals surface area contributed by atoms with Crippen LogP contribution in [0.5, 0.6) is 0 Å². The standard InChI is InChI=1S/C6H10ClN3S/c1-5(7)3-10(2)6-9-8-4-11-6/h4-5H,3H2,1-2H3. The van der Waals surface area contributed by atoms with Gasteiger partial charge in [-0.1, -0.05) is 11.3 Å². The third kappa shape index (κ3) is 2.63. The number of hydrogen-bond donors (Lipinski definition) is 0. The smallest absolute Gasteiger partial charge is 0.207 e. The monoisotopic (exact) mass is 191 g/mol. The lowest BCUT2D eigenvalue weighted by molar-refractivity contribution is 0.844. The Balaban J connectivity index is 2.49. The van der Waals surface area contributed by atoms with Gasteiger partial charge >= 0.3 is 0 Å². The van der Waals surface area contributed by atoms with Gasteiger partial charge in [-0.15, -0.1) is 21.8 Å². The molecule has 0 aliphatic carbocycles. The van der Waals surface area contributed by atoms with Gasteiger partial charge in [0, 0.05) is 19.0 Å². The maximum absolute atomic E-state index is 5.80. The van der Waals surface area contributed by atoms with E-state index in [0.29, 0.717) is 0 Å². The molecule has 5 heteroatoms. The highest BCUT2D eigenvalue weighted by Gasteiger charge is 2.06. The molecule has 1 aromatic rings. The molecule has 1 unspecified atom stereocenters. The van der Waals surface area contributed by atoms with Crippen molar-refractivity contribution in [2.45, 2.75) is 12.3 Å². The second-order valence-electron chi connectivity index (χ2n) is 2.38. The molecule has 0 N–H and O–H groups in total. The molecular weight excluding hydrogens is 182 g/mol. The van der Waals surface area contributed by atoms with Gasteiger partial charge in [-0.3, -0.25) is 0 Å². The summed E-state index contributed by atoms with van der Waals surface area (Å²) >= 11 is 7.32. The van der Waals surface area contributed by atoms with Crippen LogP contribution in [0.1, 0.15) is 6.92 Å². The van der Waals surface area contributed by atoms with E-state index in [0.717, 1.165) is 11.7 Å². The second-order valence-corrected chi connectivity index (χ2v) is 3.94. The molecule has 0 radical (unpaired) electrons. The van der Waals surface area contributed by atoms with Gasteiger partial charge in [0.25, 0.3) is 0 Å². The lowest BCUT2D eigenvalue weighted by Crippen LogP contribution is -2.23. The zero-order valence-corrected chi connectivity index (χ0v) is 8.06. The lowest BCUT2D eigenvalue weighted by Gasteiger charge is -2.15. The van der Waals surface area contributed by atoms with E-state index in [2.05, 4.69) is 10.2 Å². The fourth-order valence-corrected chi connectivity index (χ4v) is 1.53. The summed E-state index contributed by atoms with van der Waals surface area (Å²) in [6, 6.07) is 0. The number of rotatable bonds is 3. The number of halogens is 1. The molecule has 0 aromatic carbocycles. The summed E-state index contributed by atoms with van der Waals surface area (Å²) in [4.78, 5) is 2.00. The van der Waals surface area contributed by atoms with Gasteiger partial charge in [-0.25, -0.2) is 0 Å². The molecule has 0 aliphatic heterocycles. The van der Waals surface area contributed by atoms with Gasteiger partial charge in [-0.2, -0.15) is 0 Å². The summed E-state index contributed by atoms with van der Waals surface area (Å²) in [5, 5.41) is 8.70. The minimum atomic E-state index is 0.142. The van der Waals surface area contributed by atoms with Gasteiger partial charge in [0.15, 0.2) is 0 Å². The van der Waals surface area contributed by atoms with Crippen molar-refractivity contribution in [3.8, 4) is 0 Å². The van der Waals surface area contributed by atoms with E-state index in [4.69, 9.17) is 11.6 Å². The van der Waals surface area contributed by atoms with Crippen LogP contribution in [0.4, 0.5) is 5.13 Å². The molecule has 0 amide bonds. The minimum absolute atomic E-state index is 0.142. The van der Waals surface area contributed by atoms with E-state index in [-0.39, 0.29) is 5.38 Å². The van der Waals surface area contributed by atoms with Gasteiger partial charge in [0.05, 0.1) is 0 Å². The predicted octanol–water partition coefficient (Wildman–Crippen LogP) is 1.60. The van der Waals surface area contributed by atoms with Gasteiger partial charge in [-0.05, 0) is 6.92 Å². The molecule has 1 aromatic heterocycles. The zero-order valence-electron chi connectivity index (χ0n) is 6.49. The van der Waals surface area contributed by atoms with Crippen molar-refractivity contribution in [2.75, 3.05) is 18.5 Å². The quantitative estimate of drug-likeness (QED) is 0.680. The van der Waals surface area contributed by atoms with Gasteiger partial charge in [0.2, 0.25) is 5.13 Å². The van der Waals surface area contributed by atoms with E-state index >= 15 is 0 Å². The van der Waals surface area contributed by atoms with Crippen molar-refractivity contribution in [3.63, 3.8) is 0 Å². The second kappa shape index (κ2) is 3.88. The summed E-state index contributed by atoms with van der Waals surface area (Å²) < 4.78 is 0. The molecule has 0 aliphatic rings. The number of hydrogen-bond acceptors (Lipinski definition) is 4. The average molecular weight is 192 g/mol. The molecule has 1 rings (SSSR count). The molecule has 1 atom stereocenters. The first kappa shape index (κ1) is 8.74. The molecular formula is C6H10ClN3S. The Morgan fingerprint density at radius 3 is 3.00 bits per heavy atom. The third-order valence-corrected chi connectivity index (χ3v) is 2.14. The van der Waals surface area contributed by atoms with Crippen molar-refractivity contribution >= 4 is 28.1 Å². The summed E-state index contributed by atoms with van der Waals surface area (Å²) in [6.07, 6.45) is 0. The molecule has 0 fully saturated rings. The summed E-state index contributed by atoms with van der Waals surface area (Å²) in [5.74, 6) is 0. The lowest BCUT2D eigenvalue weighted by atomic mass is 10.4. The molecule has 1 heterocycles. The van der Waals surface area contributed by atoms with Crippen LogP contribution in [0.2, 0.25) is 0 Å². The molecule has 0 saturated carbocycles. The highest BCUT2D eigenvalue weighted by molar-refractivity contribution is 7.13. The van der Waals surface area contributed by atoms with Crippen LogP contribution in [-0.4, -0.2) is 29.2 Å². The SMILES string of the molecule is CC(Cl)CN(C)c1nncs1. The highest BCUT2D eigenvalue weighted by atomic mass is 35.5. The summed E-state index contributed by atoms with van der Waals surface area (Å²) in [5.41, 5.74) is 1.71. The Bertz CT molecular complexity index is 200. The number of aromatic nitrogens is 2. The third-order valence-electron chi connectivity index (χ3n) is 1.20.